The van der Waals surface area contributed by atoms with Gasteiger partial charge in [-0.3, -0.25) is 25.0 Å². The molecule has 0 bridgehead atoms. The van der Waals surface area contributed by atoms with Gasteiger partial charge in [-0.15, -0.1) is 0 Å². The number of hydrogen-bond donors (Lipinski definition) is 0. The SMILES string of the molecule is Cc1c(C(=O)N(C)Cc2ccc(C(F)(F)F)cc2)cc([N+](=O)[O-])cc1[N+](=O)[O-]. The molecule has 0 saturated carbocycles. The van der Waals surface area contributed by atoms with Crippen LogP contribution in [0.25, 0.3) is 0 Å². The molecule has 2 aromatic rings. The van der Waals surface area contributed by atoms with E-state index in [1.807, 2.05) is 0 Å². The van der Waals surface area contributed by atoms with Crippen LogP contribution in [-0.4, -0.2) is 27.7 Å². The largest absolute Gasteiger partial charge is 0.416 e. The molecule has 0 spiro atoms. The summed E-state index contributed by atoms with van der Waals surface area (Å²) >= 11 is 0. The van der Waals surface area contributed by atoms with Gasteiger partial charge in [0.1, 0.15) is 0 Å². The summed E-state index contributed by atoms with van der Waals surface area (Å²) in [5.41, 5.74) is -1.89. The van der Waals surface area contributed by atoms with E-state index in [1.54, 1.807) is 0 Å². The number of hydrogen-bond acceptors (Lipinski definition) is 5. The molecule has 0 aliphatic rings. The van der Waals surface area contributed by atoms with Gasteiger partial charge >= 0.3 is 6.18 Å². The Kier molecular flexibility index (Phi) is 5.67. The fourth-order valence-corrected chi connectivity index (χ4v) is 2.55. The number of carbonyl (C=O) groups is 1. The molecule has 11 heteroatoms. The summed E-state index contributed by atoms with van der Waals surface area (Å²) < 4.78 is 37.8. The summed E-state index contributed by atoms with van der Waals surface area (Å²) in [7, 11) is 1.34. The second kappa shape index (κ2) is 7.62. The molecular formula is C17H14F3N3O5. The lowest BCUT2D eigenvalue weighted by Crippen LogP contribution is -2.27. The van der Waals surface area contributed by atoms with Crippen molar-refractivity contribution in [2.45, 2.75) is 19.6 Å². The first-order valence-electron chi connectivity index (χ1n) is 7.77. The van der Waals surface area contributed by atoms with Gasteiger partial charge in [0.25, 0.3) is 17.3 Å². The maximum atomic E-state index is 12.6. The van der Waals surface area contributed by atoms with Crippen LogP contribution in [0, 0.1) is 27.2 Å². The van der Waals surface area contributed by atoms with Crippen LogP contribution in [-0.2, 0) is 12.7 Å². The second-order valence-electron chi connectivity index (χ2n) is 6.01. The number of benzene rings is 2. The van der Waals surface area contributed by atoms with E-state index in [-0.39, 0.29) is 17.7 Å². The van der Waals surface area contributed by atoms with E-state index in [4.69, 9.17) is 0 Å². The highest BCUT2D eigenvalue weighted by Crippen LogP contribution is 2.30. The molecular weight excluding hydrogens is 383 g/mol. The maximum absolute atomic E-state index is 12.6. The first-order valence-corrected chi connectivity index (χ1v) is 7.77. The number of non-ortho nitro benzene ring substituents is 1. The quantitative estimate of drug-likeness (QED) is 0.558. The van der Waals surface area contributed by atoms with Gasteiger partial charge in [0.2, 0.25) is 0 Å². The van der Waals surface area contributed by atoms with Gasteiger partial charge in [0.05, 0.1) is 27.0 Å². The van der Waals surface area contributed by atoms with Gasteiger partial charge in [0.15, 0.2) is 0 Å². The summed E-state index contributed by atoms with van der Waals surface area (Å²) in [6.07, 6.45) is -4.49. The van der Waals surface area contributed by atoms with Crippen molar-refractivity contribution < 1.29 is 27.8 Å². The third kappa shape index (κ3) is 4.42. The molecule has 0 fully saturated rings. The van der Waals surface area contributed by atoms with E-state index in [1.165, 1.54) is 26.1 Å². The Balaban J connectivity index is 2.32. The zero-order valence-electron chi connectivity index (χ0n) is 14.7. The molecule has 28 heavy (non-hydrogen) atoms. The minimum atomic E-state index is -4.49. The van der Waals surface area contributed by atoms with E-state index in [0.717, 1.165) is 29.2 Å². The Labute approximate surface area is 156 Å². The Bertz CT molecular complexity index is 942. The van der Waals surface area contributed by atoms with Crippen molar-refractivity contribution in [3.05, 3.63) is 78.9 Å². The summed E-state index contributed by atoms with van der Waals surface area (Å²) in [6.45, 7) is 1.20. The number of rotatable bonds is 5. The van der Waals surface area contributed by atoms with E-state index in [2.05, 4.69) is 0 Å². The third-order valence-electron chi connectivity index (χ3n) is 4.05. The van der Waals surface area contributed by atoms with Crippen molar-refractivity contribution in [3.63, 3.8) is 0 Å². The Hall–Kier alpha value is -3.50. The Morgan fingerprint density at radius 2 is 1.64 bits per heavy atom. The van der Waals surface area contributed by atoms with Gasteiger partial charge in [-0.25, -0.2) is 0 Å². The fourth-order valence-electron chi connectivity index (χ4n) is 2.55. The van der Waals surface area contributed by atoms with Crippen molar-refractivity contribution in [2.75, 3.05) is 7.05 Å². The summed E-state index contributed by atoms with van der Waals surface area (Å²) in [4.78, 5) is 34.2. The number of nitrogens with zero attached hydrogens (tertiary/aromatic N) is 3. The van der Waals surface area contributed by atoms with Crippen LogP contribution < -0.4 is 0 Å². The van der Waals surface area contributed by atoms with Gasteiger partial charge < -0.3 is 4.90 Å². The van der Waals surface area contributed by atoms with Crippen molar-refractivity contribution in [2.24, 2.45) is 0 Å². The summed E-state index contributed by atoms with van der Waals surface area (Å²) in [5, 5.41) is 22.1. The molecule has 0 radical (unpaired) electrons. The van der Waals surface area contributed by atoms with Crippen LogP contribution in [0.15, 0.2) is 36.4 Å². The lowest BCUT2D eigenvalue weighted by molar-refractivity contribution is -0.394. The highest BCUT2D eigenvalue weighted by Gasteiger charge is 2.30. The Morgan fingerprint density at radius 1 is 1.07 bits per heavy atom. The van der Waals surface area contributed by atoms with Crippen LogP contribution in [0.2, 0.25) is 0 Å². The number of nitro groups is 2. The van der Waals surface area contributed by atoms with Crippen LogP contribution in [0.1, 0.15) is 27.0 Å². The average molecular weight is 397 g/mol. The molecule has 8 nitrogen and oxygen atoms in total. The monoisotopic (exact) mass is 397 g/mol. The molecule has 0 N–H and O–H groups in total. The smallest absolute Gasteiger partial charge is 0.337 e. The molecule has 0 heterocycles. The number of carbonyl (C=O) groups excluding carboxylic acids is 1. The number of nitro benzene ring substituents is 2. The predicted molar refractivity (Wildman–Crippen MR) is 91.7 cm³/mol. The summed E-state index contributed by atoms with van der Waals surface area (Å²) in [5.74, 6) is -0.732. The van der Waals surface area contributed by atoms with E-state index >= 15 is 0 Å². The number of halogens is 3. The fraction of sp³-hybridized carbons (Fsp3) is 0.235. The van der Waals surface area contributed by atoms with Gasteiger partial charge in [-0.05, 0) is 24.6 Å². The van der Waals surface area contributed by atoms with Crippen molar-refractivity contribution in [1.29, 1.82) is 0 Å². The molecule has 2 rings (SSSR count). The maximum Gasteiger partial charge on any atom is 0.416 e. The zero-order chi connectivity index (χ0) is 21.2. The van der Waals surface area contributed by atoms with Gasteiger partial charge in [-0.2, -0.15) is 13.2 Å². The molecule has 148 valence electrons. The molecule has 0 aliphatic heterocycles. The first-order chi connectivity index (χ1) is 12.9. The average Bonchev–Trinajstić information content (AvgIpc) is 2.60. The summed E-state index contributed by atoms with van der Waals surface area (Å²) in [6, 6.07) is 5.86. The van der Waals surface area contributed by atoms with E-state index in [0.29, 0.717) is 5.56 Å². The molecule has 0 unspecified atom stereocenters. The van der Waals surface area contributed by atoms with Gasteiger partial charge in [0, 0.05) is 25.2 Å². The lowest BCUT2D eigenvalue weighted by Gasteiger charge is -2.19. The highest BCUT2D eigenvalue weighted by molar-refractivity contribution is 5.97. The van der Waals surface area contributed by atoms with Crippen LogP contribution >= 0.6 is 0 Å². The molecule has 0 aliphatic carbocycles. The van der Waals surface area contributed by atoms with Crippen molar-refractivity contribution >= 4 is 17.3 Å². The first kappa shape index (κ1) is 20.8. The standard InChI is InChI=1S/C17H14F3N3O5/c1-10-14(7-13(22(25)26)8-15(10)23(27)28)16(24)21(2)9-11-3-5-12(6-4-11)17(18,19)20/h3-8H,9H2,1-2H3. The molecule has 2 aromatic carbocycles. The highest BCUT2D eigenvalue weighted by atomic mass is 19.4. The molecule has 0 aromatic heterocycles. The van der Waals surface area contributed by atoms with E-state index < -0.39 is 38.9 Å². The van der Waals surface area contributed by atoms with Crippen molar-refractivity contribution in [3.8, 4) is 0 Å². The third-order valence-corrected chi connectivity index (χ3v) is 4.05. The minimum absolute atomic E-state index is 0.0418. The second-order valence-corrected chi connectivity index (χ2v) is 6.01. The normalized spacial score (nSPS) is 11.2. The topological polar surface area (TPSA) is 107 Å². The molecule has 1 amide bonds. The molecule has 0 saturated heterocycles. The predicted octanol–water partition coefficient (Wildman–Crippen LogP) is 4.10. The van der Waals surface area contributed by atoms with Crippen molar-refractivity contribution in [1.82, 2.24) is 4.90 Å². The zero-order valence-corrected chi connectivity index (χ0v) is 14.7. The minimum Gasteiger partial charge on any atom is -0.337 e. The van der Waals surface area contributed by atoms with Crippen LogP contribution in [0.3, 0.4) is 0 Å². The molecule has 0 atom stereocenters. The Morgan fingerprint density at radius 3 is 2.11 bits per heavy atom. The van der Waals surface area contributed by atoms with E-state index in [9.17, 15) is 38.2 Å². The van der Waals surface area contributed by atoms with Crippen LogP contribution in [0.4, 0.5) is 24.5 Å². The van der Waals surface area contributed by atoms with Crippen LogP contribution in [0.5, 0.6) is 0 Å². The number of alkyl halides is 3. The van der Waals surface area contributed by atoms with Gasteiger partial charge in [-0.1, -0.05) is 12.1 Å². The number of amides is 1. The lowest BCUT2D eigenvalue weighted by atomic mass is 10.0.